The molecule has 0 aromatic heterocycles. The van der Waals surface area contributed by atoms with Crippen LogP contribution in [0.25, 0.3) is 0 Å². The van der Waals surface area contributed by atoms with Crippen LogP contribution in [0.4, 0.5) is 0 Å². The first-order valence-electron chi connectivity index (χ1n) is 7.16. The van der Waals surface area contributed by atoms with Crippen LogP contribution in [0.5, 0.6) is 0 Å². The Morgan fingerprint density at radius 2 is 1.72 bits per heavy atom. The molecule has 0 aliphatic heterocycles. The molecule has 0 spiro atoms. The first-order valence-corrected chi connectivity index (χ1v) is 7.16. The molecule has 0 heteroatoms. The van der Waals surface area contributed by atoms with Gasteiger partial charge in [0, 0.05) is 0 Å². The zero-order chi connectivity index (χ0) is 13.2. The smallest absolute Gasteiger partial charge is 0.0104 e. The lowest BCUT2D eigenvalue weighted by Gasteiger charge is -2.20. The highest BCUT2D eigenvalue weighted by Crippen LogP contribution is 2.28. The van der Waals surface area contributed by atoms with E-state index in [-0.39, 0.29) is 0 Å². The molecule has 0 saturated carbocycles. The third kappa shape index (κ3) is 4.91. The molecule has 2 unspecified atom stereocenters. The van der Waals surface area contributed by atoms with Crippen LogP contribution >= 0.6 is 0 Å². The van der Waals surface area contributed by atoms with Crippen LogP contribution < -0.4 is 0 Å². The van der Waals surface area contributed by atoms with Crippen molar-refractivity contribution in [3.05, 3.63) is 60.2 Å². The minimum absolute atomic E-state index is 0.604. The largest absolute Gasteiger partial charge is 0.0885 e. The zero-order valence-corrected chi connectivity index (χ0v) is 12.0. The van der Waals surface area contributed by atoms with E-state index >= 15 is 0 Å². The van der Waals surface area contributed by atoms with Gasteiger partial charge in [-0.05, 0) is 36.7 Å². The fraction of sp³-hybridized carbons (Fsp3) is 0.444. The van der Waals surface area contributed by atoms with E-state index in [2.05, 4.69) is 75.4 Å². The number of hydrogen-bond donors (Lipinski definition) is 0. The highest BCUT2D eigenvalue weighted by Gasteiger charge is 2.14. The third-order valence-corrected chi connectivity index (χ3v) is 3.42. The lowest BCUT2D eigenvalue weighted by Crippen LogP contribution is -2.06. The fourth-order valence-electron chi connectivity index (χ4n) is 2.38. The van der Waals surface area contributed by atoms with E-state index < -0.39 is 0 Å². The highest BCUT2D eigenvalue weighted by atomic mass is 14.2. The van der Waals surface area contributed by atoms with Crippen LogP contribution in [0.15, 0.2) is 54.6 Å². The number of allylic oxidation sites excluding steroid dienone is 4. The molecule has 0 saturated heterocycles. The molecular formula is C18H26. The van der Waals surface area contributed by atoms with E-state index in [0.29, 0.717) is 11.8 Å². The van der Waals surface area contributed by atoms with E-state index in [1.165, 1.54) is 12.0 Å². The zero-order valence-electron chi connectivity index (χ0n) is 12.0. The van der Waals surface area contributed by atoms with Gasteiger partial charge in [-0.25, -0.2) is 0 Å². The maximum absolute atomic E-state index is 2.36. The average Bonchev–Trinajstić information content (AvgIpc) is 2.40. The molecule has 1 aromatic carbocycles. The van der Waals surface area contributed by atoms with Crippen LogP contribution in [-0.4, -0.2) is 0 Å². The lowest BCUT2D eigenvalue weighted by molar-refractivity contribution is 0.530. The third-order valence-electron chi connectivity index (χ3n) is 3.42. The summed E-state index contributed by atoms with van der Waals surface area (Å²) in [5.41, 5.74) is 1.46. The monoisotopic (exact) mass is 242 g/mol. The van der Waals surface area contributed by atoms with Crippen LogP contribution in [0.2, 0.25) is 0 Å². The summed E-state index contributed by atoms with van der Waals surface area (Å²) >= 11 is 0. The average molecular weight is 242 g/mol. The maximum atomic E-state index is 2.36. The second kappa shape index (κ2) is 8.74. The lowest BCUT2D eigenvalue weighted by atomic mass is 9.85. The van der Waals surface area contributed by atoms with E-state index in [4.69, 9.17) is 0 Å². The Labute approximate surface area is 112 Å². The topological polar surface area (TPSA) is 0 Å². The summed E-state index contributed by atoms with van der Waals surface area (Å²) in [5.74, 6) is 1.24. The van der Waals surface area contributed by atoms with Crippen LogP contribution in [-0.2, 0) is 0 Å². The fourth-order valence-corrected chi connectivity index (χ4v) is 2.38. The first-order chi connectivity index (χ1) is 8.79. The number of benzene rings is 1. The van der Waals surface area contributed by atoms with Gasteiger partial charge in [0.05, 0.1) is 0 Å². The predicted octanol–water partition coefficient (Wildman–Crippen LogP) is 5.73. The van der Waals surface area contributed by atoms with Gasteiger partial charge in [-0.15, -0.1) is 0 Å². The van der Waals surface area contributed by atoms with Crippen molar-refractivity contribution in [1.82, 2.24) is 0 Å². The van der Waals surface area contributed by atoms with Crippen molar-refractivity contribution < 1.29 is 0 Å². The Morgan fingerprint density at radius 3 is 2.33 bits per heavy atom. The van der Waals surface area contributed by atoms with Crippen molar-refractivity contribution in [2.24, 2.45) is 5.92 Å². The molecule has 2 atom stereocenters. The standard InChI is InChI=1S/C18H26/c1-4-6-7-8-10-13-16(3)18(5-2)17-14-11-9-12-15-17/h6-7,9-16,18H,4-5,8H2,1-3H3/b7-6-,13-10-. The Balaban J connectivity index is 2.57. The molecule has 0 bridgehead atoms. The van der Waals surface area contributed by atoms with Crippen molar-refractivity contribution >= 4 is 0 Å². The van der Waals surface area contributed by atoms with Gasteiger partial charge < -0.3 is 0 Å². The first kappa shape index (κ1) is 14.8. The highest BCUT2D eigenvalue weighted by molar-refractivity contribution is 5.21. The summed E-state index contributed by atoms with van der Waals surface area (Å²) < 4.78 is 0. The summed E-state index contributed by atoms with van der Waals surface area (Å²) in [5, 5.41) is 0. The second-order valence-electron chi connectivity index (χ2n) is 4.83. The van der Waals surface area contributed by atoms with Gasteiger partial charge >= 0.3 is 0 Å². The van der Waals surface area contributed by atoms with Crippen LogP contribution in [0.1, 0.15) is 51.5 Å². The summed E-state index contributed by atoms with van der Waals surface area (Å²) in [7, 11) is 0. The van der Waals surface area contributed by atoms with Crippen molar-refractivity contribution in [1.29, 1.82) is 0 Å². The van der Waals surface area contributed by atoms with Gasteiger partial charge in [-0.2, -0.15) is 0 Å². The van der Waals surface area contributed by atoms with Gasteiger partial charge in [0.25, 0.3) is 0 Å². The van der Waals surface area contributed by atoms with E-state index in [9.17, 15) is 0 Å². The van der Waals surface area contributed by atoms with E-state index in [0.717, 1.165) is 12.8 Å². The number of rotatable bonds is 7. The molecule has 1 rings (SSSR count). The molecule has 98 valence electrons. The molecule has 0 radical (unpaired) electrons. The van der Waals surface area contributed by atoms with Gasteiger partial charge in [0.2, 0.25) is 0 Å². The number of hydrogen-bond acceptors (Lipinski definition) is 0. The molecule has 0 fully saturated rings. The van der Waals surface area contributed by atoms with Crippen molar-refractivity contribution in [3.63, 3.8) is 0 Å². The molecule has 0 aliphatic carbocycles. The predicted molar refractivity (Wildman–Crippen MR) is 81.8 cm³/mol. The summed E-state index contributed by atoms with van der Waals surface area (Å²) in [4.78, 5) is 0. The van der Waals surface area contributed by atoms with Crippen molar-refractivity contribution in [3.8, 4) is 0 Å². The Hall–Kier alpha value is -1.30. The molecular weight excluding hydrogens is 216 g/mol. The molecule has 0 aliphatic rings. The van der Waals surface area contributed by atoms with Gasteiger partial charge in [-0.3, -0.25) is 0 Å². The maximum Gasteiger partial charge on any atom is -0.0104 e. The molecule has 18 heavy (non-hydrogen) atoms. The summed E-state index contributed by atoms with van der Waals surface area (Å²) in [6.07, 6.45) is 12.5. The minimum Gasteiger partial charge on any atom is -0.0885 e. The van der Waals surface area contributed by atoms with Crippen molar-refractivity contribution in [2.45, 2.75) is 46.0 Å². The Bertz CT molecular complexity index is 359. The summed E-state index contributed by atoms with van der Waals surface area (Å²) in [6.45, 7) is 6.77. The molecule has 0 amide bonds. The van der Waals surface area contributed by atoms with Gasteiger partial charge in [0.15, 0.2) is 0 Å². The normalized spacial score (nSPS) is 15.3. The second-order valence-corrected chi connectivity index (χ2v) is 4.83. The molecule has 1 aromatic rings. The van der Waals surface area contributed by atoms with Crippen LogP contribution in [0, 0.1) is 5.92 Å². The molecule has 0 nitrogen and oxygen atoms in total. The van der Waals surface area contributed by atoms with Gasteiger partial charge in [-0.1, -0.05) is 75.4 Å². The van der Waals surface area contributed by atoms with Gasteiger partial charge in [0.1, 0.15) is 0 Å². The quantitative estimate of drug-likeness (QED) is 0.536. The molecule has 0 heterocycles. The Kier molecular flexibility index (Phi) is 7.17. The van der Waals surface area contributed by atoms with Crippen LogP contribution in [0.3, 0.4) is 0 Å². The molecule has 0 N–H and O–H groups in total. The minimum atomic E-state index is 0.604. The Morgan fingerprint density at radius 1 is 1.00 bits per heavy atom. The summed E-state index contributed by atoms with van der Waals surface area (Å²) in [6, 6.07) is 10.9. The van der Waals surface area contributed by atoms with Crippen molar-refractivity contribution in [2.75, 3.05) is 0 Å². The van der Waals surface area contributed by atoms with E-state index in [1.807, 2.05) is 0 Å². The van der Waals surface area contributed by atoms with E-state index in [1.54, 1.807) is 0 Å². The SMILES string of the molecule is CC/C=C\C/C=C\C(C)C(CC)c1ccccc1.